The number of hydrogen-bond acceptors (Lipinski definition) is 5. The zero-order valence-electron chi connectivity index (χ0n) is 24.0. The smallest absolute Gasteiger partial charge is 0.256 e. The second-order valence-corrected chi connectivity index (χ2v) is 10.7. The Labute approximate surface area is 240 Å². The molecule has 0 saturated carbocycles. The van der Waals surface area contributed by atoms with Gasteiger partial charge in [-0.15, -0.1) is 0 Å². The lowest BCUT2D eigenvalue weighted by molar-refractivity contribution is -0.110. The van der Waals surface area contributed by atoms with Gasteiger partial charge in [-0.2, -0.15) is 0 Å². The molecule has 0 spiro atoms. The molecule has 2 aromatic carbocycles. The third-order valence-corrected chi connectivity index (χ3v) is 7.91. The van der Waals surface area contributed by atoms with Crippen LogP contribution in [-0.2, 0) is 4.79 Å². The number of aromatic amines is 1. The van der Waals surface area contributed by atoms with Crippen molar-refractivity contribution in [3.05, 3.63) is 81.7 Å². The lowest BCUT2D eigenvalue weighted by Gasteiger charge is -2.15. The Hall–Kier alpha value is -4.37. The third-order valence-electron chi connectivity index (χ3n) is 7.91. The number of aromatic nitrogens is 1. The van der Waals surface area contributed by atoms with Gasteiger partial charge < -0.3 is 30.6 Å². The van der Waals surface area contributed by atoms with Crippen molar-refractivity contribution >= 4 is 35.1 Å². The highest BCUT2D eigenvalue weighted by atomic mass is 16.5. The van der Waals surface area contributed by atoms with Gasteiger partial charge in [0.1, 0.15) is 5.75 Å². The normalized spacial score (nSPS) is 16.4. The fourth-order valence-electron chi connectivity index (χ4n) is 5.57. The molecule has 3 amide bonds. The van der Waals surface area contributed by atoms with Crippen molar-refractivity contribution in [1.82, 2.24) is 20.5 Å². The molecular formula is C32H37N5O4. The SMILES string of the molecule is COc1cccc([C@H](C)NC(=O)c2ccc3c(c2)C(=Cc2[nH]c(C)c(C(=O)NCCN4CCCC4)c2C)C(=O)N3)c1. The highest BCUT2D eigenvalue weighted by molar-refractivity contribution is 6.35. The summed E-state index contributed by atoms with van der Waals surface area (Å²) in [7, 11) is 1.61. The van der Waals surface area contributed by atoms with Crippen molar-refractivity contribution in [3.63, 3.8) is 0 Å². The first-order valence-corrected chi connectivity index (χ1v) is 14.1. The number of amides is 3. The van der Waals surface area contributed by atoms with E-state index in [1.54, 1.807) is 31.4 Å². The molecule has 3 heterocycles. The number of carbonyl (C=O) groups excluding carboxylic acids is 3. The first kappa shape index (κ1) is 28.2. The fourth-order valence-corrected chi connectivity index (χ4v) is 5.57. The molecule has 2 aliphatic rings. The molecule has 5 rings (SSSR count). The number of H-pyrrole nitrogens is 1. The molecule has 1 saturated heterocycles. The molecule has 1 fully saturated rings. The number of fused-ring (bicyclic) bond motifs is 1. The summed E-state index contributed by atoms with van der Waals surface area (Å²) in [6, 6.07) is 12.5. The molecule has 0 radical (unpaired) electrons. The minimum Gasteiger partial charge on any atom is -0.497 e. The van der Waals surface area contributed by atoms with Gasteiger partial charge in [-0.25, -0.2) is 0 Å². The number of aryl methyl sites for hydroxylation is 1. The maximum atomic E-state index is 13.2. The Morgan fingerprint density at radius 1 is 1.10 bits per heavy atom. The summed E-state index contributed by atoms with van der Waals surface area (Å²) in [5, 5.41) is 8.95. The Morgan fingerprint density at radius 3 is 2.63 bits per heavy atom. The molecule has 2 aliphatic heterocycles. The van der Waals surface area contributed by atoms with Crippen LogP contribution < -0.4 is 20.7 Å². The minimum atomic E-state index is -0.259. The zero-order chi connectivity index (χ0) is 29.1. The maximum Gasteiger partial charge on any atom is 0.256 e. The summed E-state index contributed by atoms with van der Waals surface area (Å²) in [5.74, 6) is 0.0886. The highest BCUT2D eigenvalue weighted by Gasteiger charge is 2.27. The van der Waals surface area contributed by atoms with Crippen LogP contribution in [-0.4, -0.2) is 60.9 Å². The summed E-state index contributed by atoms with van der Waals surface area (Å²) in [5.41, 5.74) is 5.87. The van der Waals surface area contributed by atoms with Crippen LogP contribution in [0.4, 0.5) is 5.69 Å². The molecule has 0 unspecified atom stereocenters. The number of nitrogens with one attached hydrogen (secondary N) is 4. The lowest BCUT2D eigenvalue weighted by Crippen LogP contribution is -2.33. The summed E-state index contributed by atoms with van der Waals surface area (Å²) < 4.78 is 5.30. The molecule has 9 nitrogen and oxygen atoms in total. The Morgan fingerprint density at radius 2 is 1.88 bits per heavy atom. The van der Waals surface area contributed by atoms with E-state index in [1.807, 2.05) is 45.0 Å². The predicted octanol–water partition coefficient (Wildman–Crippen LogP) is 4.45. The topological polar surface area (TPSA) is 116 Å². The molecule has 4 N–H and O–H groups in total. The summed E-state index contributed by atoms with van der Waals surface area (Å²) in [6.45, 7) is 9.26. The Bertz CT molecular complexity index is 1520. The number of ether oxygens (including phenoxy) is 1. The number of carbonyl (C=O) groups is 3. The van der Waals surface area contributed by atoms with E-state index in [4.69, 9.17) is 4.74 Å². The van der Waals surface area contributed by atoms with Crippen molar-refractivity contribution in [2.75, 3.05) is 38.6 Å². The van der Waals surface area contributed by atoms with Gasteiger partial charge in [-0.3, -0.25) is 14.4 Å². The van der Waals surface area contributed by atoms with Gasteiger partial charge in [0.05, 0.1) is 24.3 Å². The molecule has 0 bridgehead atoms. The van der Waals surface area contributed by atoms with Gasteiger partial charge in [0.2, 0.25) is 0 Å². The number of benzene rings is 2. The van der Waals surface area contributed by atoms with Gasteiger partial charge in [0, 0.05) is 41.3 Å². The van der Waals surface area contributed by atoms with E-state index in [-0.39, 0.29) is 23.8 Å². The molecule has 1 aromatic heterocycles. The molecule has 3 aromatic rings. The van der Waals surface area contributed by atoms with E-state index in [0.29, 0.717) is 40.2 Å². The second kappa shape index (κ2) is 12.0. The van der Waals surface area contributed by atoms with Crippen molar-refractivity contribution in [1.29, 1.82) is 0 Å². The van der Waals surface area contributed by atoms with E-state index in [9.17, 15) is 14.4 Å². The number of likely N-dealkylation sites (tertiary alicyclic amines) is 1. The van der Waals surface area contributed by atoms with Crippen molar-refractivity contribution < 1.29 is 19.1 Å². The van der Waals surface area contributed by atoms with E-state index in [1.165, 1.54) is 12.8 Å². The van der Waals surface area contributed by atoms with Gasteiger partial charge in [0.15, 0.2) is 0 Å². The molecule has 9 heteroatoms. The number of methoxy groups -OCH3 is 1. The monoisotopic (exact) mass is 555 g/mol. The van der Waals surface area contributed by atoms with Gasteiger partial charge in [-0.05, 0) is 94.2 Å². The lowest BCUT2D eigenvalue weighted by atomic mass is 10.0. The van der Waals surface area contributed by atoms with E-state index >= 15 is 0 Å². The van der Waals surface area contributed by atoms with E-state index in [0.717, 1.165) is 42.2 Å². The maximum absolute atomic E-state index is 13.2. The predicted molar refractivity (Wildman–Crippen MR) is 160 cm³/mol. The van der Waals surface area contributed by atoms with Crippen LogP contribution in [0, 0.1) is 13.8 Å². The first-order chi connectivity index (χ1) is 19.7. The van der Waals surface area contributed by atoms with Gasteiger partial charge >= 0.3 is 0 Å². The molecular weight excluding hydrogens is 518 g/mol. The van der Waals surface area contributed by atoms with Gasteiger partial charge in [-0.1, -0.05) is 12.1 Å². The number of nitrogens with zero attached hydrogens (tertiary/aromatic N) is 1. The van der Waals surface area contributed by atoms with Crippen LogP contribution in [0.2, 0.25) is 0 Å². The fraction of sp³-hybridized carbons (Fsp3) is 0.344. The largest absolute Gasteiger partial charge is 0.497 e. The molecule has 0 aliphatic carbocycles. The van der Waals surface area contributed by atoms with Crippen LogP contribution >= 0.6 is 0 Å². The first-order valence-electron chi connectivity index (χ1n) is 14.1. The van der Waals surface area contributed by atoms with Crippen LogP contribution in [0.5, 0.6) is 5.75 Å². The second-order valence-electron chi connectivity index (χ2n) is 10.7. The van der Waals surface area contributed by atoms with Crippen molar-refractivity contribution in [2.24, 2.45) is 0 Å². The number of anilines is 1. The summed E-state index contributed by atoms with van der Waals surface area (Å²) >= 11 is 0. The third kappa shape index (κ3) is 6.05. The van der Waals surface area contributed by atoms with Crippen molar-refractivity contribution in [3.8, 4) is 5.75 Å². The average molecular weight is 556 g/mol. The zero-order valence-corrected chi connectivity index (χ0v) is 24.0. The minimum absolute atomic E-state index is 0.125. The molecule has 41 heavy (non-hydrogen) atoms. The summed E-state index contributed by atoms with van der Waals surface area (Å²) in [6.07, 6.45) is 4.19. The summed E-state index contributed by atoms with van der Waals surface area (Å²) in [4.78, 5) is 44.8. The Balaban J connectivity index is 1.33. The van der Waals surface area contributed by atoms with Crippen LogP contribution in [0.3, 0.4) is 0 Å². The van der Waals surface area contributed by atoms with Gasteiger partial charge in [0.25, 0.3) is 17.7 Å². The standard InChI is InChI=1S/C32H37N5O4/c1-19-28(34-21(3)29(19)32(40)33-12-15-37-13-5-6-14-37)18-26-25-17-23(10-11-27(25)36-31(26)39)30(38)35-20(2)22-8-7-9-24(16-22)41-4/h7-11,16-18,20,34H,5-6,12-15H2,1-4H3,(H,33,40)(H,35,38)(H,36,39)/t20-/m0/s1. The van der Waals surface area contributed by atoms with Crippen LogP contribution in [0.1, 0.15) is 74.6 Å². The van der Waals surface area contributed by atoms with E-state index in [2.05, 4.69) is 25.8 Å². The van der Waals surface area contributed by atoms with E-state index < -0.39 is 0 Å². The molecule has 1 atom stereocenters. The highest BCUT2D eigenvalue weighted by Crippen LogP contribution is 2.35. The average Bonchev–Trinajstić information content (AvgIpc) is 3.66. The number of hydrogen-bond donors (Lipinski definition) is 4. The Kier molecular flexibility index (Phi) is 8.26. The quantitative estimate of drug-likeness (QED) is 0.291. The van der Waals surface area contributed by atoms with Crippen LogP contribution in [0.15, 0.2) is 42.5 Å². The van der Waals surface area contributed by atoms with Crippen molar-refractivity contribution in [2.45, 2.75) is 39.7 Å². The number of rotatable bonds is 9. The van der Waals surface area contributed by atoms with Crippen LogP contribution in [0.25, 0.3) is 11.6 Å². The molecule has 214 valence electrons.